The number of amides is 1. The number of aliphatic carboxylic acids is 1. The lowest BCUT2D eigenvalue weighted by molar-refractivity contribution is -0.139. The fourth-order valence-electron chi connectivity index (χ4n) is 2.55. The first-order valence-electron chi connectivity index (χ1n) is 8.15. The Morgan fingerprint density at radius 1 is 1.21 bits per heavy atom. The molecule has 132 valence electrons. The normalized spacial score (nSPS) is 17.2. The topological polar surface area (TPSA) is 82.1 Å². The number of rotatable bonds is 7. The van der Waals surface area contributed by atoms with Crippen molar-refractivity contribution in [3.63, 3.8) is 0 Å². The van der Waals surface area contributed by atoms with Gasteiger partial charge in [0, 0.05) is 32.7 Å². The van der Waals surface area contributed by atoms with Crippen molar-refractivity contribution < 1.29 is 19.4 Å². The van der Waals surface area contributed by atoms with Crippen LogP contribution in [0.15, 0.2) is 30.3 Å². The van der Waals surface area contributed by atoms with Gasteiger partial charge in [0.1, 0.15) is 12.6 Å². The number of carbonyl (C=O) groups excluding carboxylic acids is 1. The number of carboxylic acids is 1. The molecule has 2 N–H and O–H groups in total. The van der Waals surface area contributed by atoms with E-state index in [4.69, 9.17) is 4.74 Å². The zero-order valence-corrected chi connectivity index (χ0v) is 14.0. The van der Waals surface area contributed by atoms with Crippen molar-refractivity contribution in [1.29, 1.82) is 0 Å². The summed E-state index contributed by atoms with van der Waals surface area (Å²) in [4.78, 5) is 27.6. The quantitative estimate of drug-likeness (QED) is 0.774. The van der Waals surface area contributed by atoms with Crippen LogP contribution in [-0.2, 0) is 16.1 Å². The summed E-state index contributed by atoms with van der Waals surface area (Å²) in [7, 11) is 2.07. The smallest absolute Gasteiger partial charge is 0.408 e. The minimum atomic E-state index is -1.04. The van der Waals surface area contributed by atoms with Gasteiger partial charge in [-0.15, -0.1) is 0 Å². The molecular formula is C17H25N3O4. The van der Waals surface area contributed by atoms with E-state index in [-0.39, 0.29) is 6.61 Å². The first kappa shape index (κ1) is 18.2. The zero-order valence-electron chi connectivity index (χ0n) is 14.0. The molecule has 1 aliphatic heterocycles. The number of hydrogen-bond donors (Lipinski definition) is 2. The molecule has 7 nitrogen and oxygen atoms in total. The number of alkyl carbamates (subject to hydrolysis) is 1. The number of benzene rings is 1. The summed E-state index contributed by atoms with van der Waals surface area (Å²) in [5.41, 5.74) is 0.858. The number of carbonyl (C=O) groups is 2. The highest BCUT2D eigenvalue weighted by Gasteiger charge is 2.22. The SMILES string of the molecule is CN1CCN(CCC(NC(=O)OCc2ccccc2)C(=O)O)CC1. The largest absolute Gasteiger partial charge is 0.480 e. The second-order valence-electron chi connectivity index (χ2n) is 6.03. The van der Waals surface area contributed by atoms with E-state index in [0.717, 1.165) is 31.7 Å². The molecule has 1 aromatic rings. The van der Waals surface area contributed by atoms with Gasteiger partial charge in [-0.3, -0.25) is 0 Å². The van der Waals surface area contributed by atoms with Crippen LogP contribution in [0.4, 0.5) is 4.79 Å². The van der Waals surface area contributed by atoms with E-state index < -0.39 is 18.1 Å². The number of hydrogen-bond acceptors (Lipinski definition) is 5. The van der Waals surface area contributed by atoms with Crippen LogP contribution in [0.25, 0.3) is 0 Å². The number of ether oxygens (including phenoxy) is 1. The van der Waals surface area contributed by atoms with E-state index in [2.05, 4.69) is 22.2 Å². The van der Waals surface area contributed by atoms with Crippen molar-refractivity contribution >= 4 is 12.1 Å². The van der Waals surface area contributed by atoms with Crippen LogP contribution in [0.1, 0.15) is 12.0 Å². The fraction of sp³-hybridized carbons (Fsp3) is 0.529. The number of carboxylic acid groups (broad SMARTS) is 1. The number of nitrogens with zero attached hydrogens (tertiary/aromatic N) is 2. The molecule has 2 rings (SSSR count). The van der Waals surface area contributed by atoms with Gasteiger partial charge in [-0.05, 0) is 19.0 Å². The third-order valence-electron chi connectivity index (χ3n) is 4.13. The first-order chi connectivity index (χ1) is 11.5. The van der Waals surface area contributed by atoms with E-state index in [9.17, 15) is 14.7 Å². The molecule has 1 aromatic carbocycles. The summed E-state index contributed by atoms with van der Waals surface area (Å²) in [6, 6.07) is 8.33. The lowest BCUT2D eigenvalue weighted by atomic mass is 10.2. The van der Waals surface area contributed by atoms with E-state index in [1.807, 2.05) is 30.3 Å². The third kappa shape index (κ3) is 6.17. The standard InChI is InChI=1S/C17H25N3O4/c1-19-9-11-20(12-10-19)8-7-15(16(21)22)18-17(23)24-13-14-5-3-2-4-6-14/h2-6,15H,7-13H2,1H3,(H,18,23)(H,21,22). The van der Waals surface area contributed by atoms with Crippen LogP contribution < -0.4 is 5.32 Å². The maximum atomic E-state index is 11.8. The van der Waals surface area contributed by atoms with Crippen LogP contribution in [0.3, 0.4) is 0 Å². The summed E-state index contributed by atoms with van der Waals surface area (Å²) >= 11 is 0. The van der Waals surface area contributed by atoms with Gasteiger partial charge < -0.3 is 25.0 Å². The Hall–Kier alpha value is -2.12. The molecule has 1 heterocycles. The van der Waals surface area contributed by atoms with Crippen LogP contribution in [0.2, 0.25) is 0 Å². The van der Waals surface area contributed by atoms with E-state index in [0.29, 0.717) is 13.0 Å². The molecule has 0 aromatic heterocycles. The number of nitrogens with one attached hydrogen (secondary N) is 1. The average molecular weight is 335 g/mol. The molecule has 0 radical (unpaired) electrons. The number of piperazine rings is 1. The predicted molar refractivity (Wildman–Crippen MR) is 89.7 cm³/mol. The minimum Gasteiger partial charge on any atom is -0.480 e. The second-order valence-corrected chi connectivity index (χ2v) is 6.03. The molecule has 0 saturated carbocycles. The van der Waals surface area contributed by atoms with Gasteiger partial charge in [-0.25, -0.2) is 9.59 Å². The van der Waals surface area contributed by atoms with Gasteiger partial charge in [0.25, 0.3) is 0 Å². The van der Waals surface area contributed by atoms with Gasteiger partial charge in [0.2, 0.25) is 0 Å². The molecule has 1 unspecified atom stereocenters. The van der Waals surface area contributed by atoms with Crippen molar-refractivity contribution in [1.82, 2.24) is 15.1 Å². The molecule has 7 heteroatoms. The average Bonchev–Trinajstić information content (AvgIpc) is 2.59. The Kier molecular flexibility index (Phi) is 7.02. The lowest BCUT2D eigenvalue weighted by Crippen LogP contribution is -2.47. The van der Waals surface area contributed by atoms with Gasteiger partial charge in [0.05, 0.1) is 0 Å². The summed E-state index contributed by atoms with van der Waals surface area (Å²) in [5.74, 6) is -1.04. The van der Waals surface area contributed by atoms with Crippen molar-refractivity contribution in [2.24, 2.45) is 0 Å². The van der Waals surface area contributed by atoms with Crippen molar-refractivity contribution in [3.05, 3.63) is 35.9 Å². The molecule has 0 aliphatic carbocycles. The molecular weight excluding hydrogens is 310 g/mol. The van der Waals surface area contributed by atoms with Gasteiger partial charge in [0.15, 0.2) is 0 Å². The monoisotopic (exact) mass is 335 g/mol. The minimum absolute atomic E-state index is 0.122. The summed E-state index contributed by atoms with van der Waals surface area (Å²) < 4.78 is 5.08. The van der Waals surface area contributed by atoms with Gasteiger partial charge in [-0.2, -0.15) is 0 Å². The molecule has 1 saturated heterocycles. The molecule has 24 heavy (non-hydrogen) atoms. The Bertz CT molecular complexity index is 530. The van der Waals surface area contributed by atoms with Crippen molar-refractivity contribution in [2.45, 2.75) is 19.1 Å². The van der Waals surface area contributed by atoms with Crippen LogP contribution in [-0.4, -0.2) is 72.8 Å². The highest BCUT2D eigenvalue weighted by molar-refractivity contribution is 5.79. The molecule has 0 spiro atoms. The Morgan fingerprint density at radius 2 is 1.88 bits per heavy atom. The molecule has 1 amide bonds. The number of likely N-dealkylation sites (N-methyl/N-ethyl adjacent to an activating group) is 1. The van der Waals surface area contributed by atoms with E-state index >= 15 is 0 Å². The van der Waals surface area contributed by atoms with Gasteiger partial charge in [-0.1, -0.05) is 30.3 Å². The van der Waals surface area contributed by atoms with Crippen LogP contribution in [0, 0.1) is 0 Å². The summed E-state index contributed by atoms with van der Waals surface area (Å²) in [6.45, 7) is 4.55. The van der Waals surface area contributed by atoms with Crippen molar-refractivity contribution in [3.8, 4) is 0 Å². The Balaban J connectivity index is 1.73. The highest BCUT2D eigenvalue weighted by atomic mass is 16.5. The first-order valence-corrected chi connectivity index (χ1v) is 8.15. The Labute approximate surface area is 142 Å². The summed E-state index contributed by atoms with van der Waals surface area (Å²) in [5, 5.41) is 11.7. The van der Waals surface area contributed by atoms with Gasteiger partial charge >= 0.3 is 12.1 Å². The maximum absolute atomic E-state index is 11.8. The third-order valence-corrected chi connectivity index (χ3v) is 4.13. The van der Waals surface area contributed by atoms with E-state index in [1.165, 1.54) is 0 Å². The van der Waals surface area contributed by atoms with Crippen molar-refractivity contribution in [2.75, 3.05) is 39.8 Å². The molecule has 1 aliphatic rings. The second kappa shape index (κ2) is 9.24. The van der Waals surface area contributed by atoms with Crippen LogP contribution >= 0.6 is 0 Å². The molecule has 0 bridgehead atoms. The summed E-state index contributed by atoms with van der Waals surface area (Å²) in [6.07, 6.45) is -0.343. The highest BCUT2D eigenvalue weighted by Crippen LogP contribution is 2.04. The fourth-order valence-corrected chi connectivity index (χ4v) is 2.55. The predicted octanol–water partition coefficient (Wildman–Crippen LogP) is 1.00. The molecule has 1 atom stereocenters. The molecule has 1 fully saturated rings. The lowest BCUT2D eigenvalue weighted by Gasteiger charge is -2.32. The zero-order chi connectivity index (χ0) is 17.4. The van der Waals surface area contributed by atoms with E-state index in [1.54, 1.807) is 0 Å². The maximum Gasteiger partial charge on any atom is 0.408 e. The van der Waals surface area contributed by atoms with Crippen LogP contribution in [0.5, 0.6) is 0 Å². The Morgan fingerprint density at radius 3 is 2.50 bits per heavy atom.